The van der Waals surface area contributed by atoms with Gasteiger partial charge in [0.1, 0.15) is 0 Å². The van der Waals surface area contributed by atoms with E-state index in [1.165, 1.54) is 0 Å². The number of nitrogens with zero attached hydrogens (tertiary/aromatic N) is 3. The summed E-state index contributed by atoms with van der Waals surface area (Å²) in [6.45, 7) is 0.740. The third kappa shape index (κ3) is 3.62. The number of carbonyl (C=O) groups is 1. The molecule has 0 saturated carbocycles. The lowest BCUT2D eigenvalue weighted by atomic mass is 10.2. The first-order valence-electron chi connectivity index (χ1n) is 7.04. The maximum atomic E-state index is 12.1. The van der Waals surface area contributed by atoms with E-state index in [4.69, 9.17) is 0 Å². The Morgan fingerprint density at radius 2 is 2.14 bits per heavy atom. The Bertz CT molecular complexity index is 794. The average molecular weight is 406 g/mol. The van der Waals surface area contributed by atoms with Crippen molar-refractivity contribution in [1.29, 1.82) is 0 Å². The Morgan fingerprint density at radius 1 is 1.27 bits per heavy atom. The summed E-state index contributed by atoms with van der Waals surface area (Å²) in [5.41, 5.74) is 1.58. The normalized spacial score (nSPS) is 10.8. The summed E-state index contributed by atoms with van der Waals surface area (Å²) >= 11 is 2.22. The van der Waals surface area contributed by atoms with Crippen LogP contribution in [0.3, 0.4) is 0 Å². The van der Waals surface area contributed by atoms with E-state index >= 15 is 0 Å². The lowest BCUT2D eigenvalue weighted by Crippen LogP contribution is -2.13. The van der Waals surface area contributed by atoms with Gasteiger partial charge in [0, 0.05) is 30.7 Å². The Kier molecular flexibility index (Phi) is 4.67. The molecule has 0 bridgehead atoms. The van der Waals surface area contributed by atoms with Gasteiger partial charge in [0.05, 0.1) is 21.0 Å². The monoisotopic (exact) mass is 406 g/mol. The van der Waals surface area contributed by atoms with Crippen molar-refractivity contribution >= 4 is 45.1 Å². The molecule has 0 radical (unpaired) electrons. The van der Waals surface area contributed by atoms with Crippen molar-refractivity contribution < 1.29 is 4.79 Å². The van der Waals surface area contributed by atoms with Crippen molar-refractivity contribution in [2.75, 3.05) is 5.32 Å². The number of nitrogens with one attached hydrogen (secondary N) is 1. The Hall–Kier alpha value is -1.96. The summed E-state index contributed by atoms with van der Waals surface area (Å²) in [4.78, 5) is 16.4. The lowest BCUT2D eigenvalue weighted by molar-refractivity contribution is -0.116. The molecule has 0 aliphatic carbocycles. The zero-order chi connectivity index (χ0) is 15.4. The van der Waals surface area contributed by atoms with E-state index in [2.05, 4.69) is 38.0 Å². The molecule has 0 aliphatic rings. The molecule has 2 aromatic heterocycles. The van der Waals surface area contributed by atoms with Gasteiger partial charge in [0.15, 0.2) is 0 Å². The summed E-state index contributed by atoms with van der Waals surface area (Å²) in [6, 6.07) is 9.66. The molecule has 0 aliphatic heterocycles. The predicted octanol–water partition coefficient (Wildman–Crippen LogP) is 3.45. The molecular weight excluding hydrogens is 391 g/mol. The van der Waals surface area contributed by atoms with Crippen LogP contribution in [0, 0.1) is 3.57 Å². The number of anilines is 1. The summed E-state index contributed by atoms with van der Waals surface area (Å²) in [7, 11) is 0. The highest BCUT2D eigenvalue weighted by Crippen LogP contribution is 2.20. The Labute approximate surface area is 141 Å². The van der Waals surface area contributed by atoms with E-state index in [0.717, 1.165) is 33.1 Å². The quantitative estimate of drug-likeness (QED) is 0.661. The largest absolute Gasteiger partial charge is 0.324 e. The molecule has 1 amide bonds. The van der Waals surface area contributed by atoms with Gasteiger partial charge in [-0.05, 0) is 41.1 Å². The van der Waals surface area contributed by atoms with Crippen LogP contribution in [0.5, 0.6) is 0 Å². The van der Waals surface area contributed by atoms with Gasteiger partial charge >= 0.3 is 0 Å². The number of halogens is 1. The molecule has 2 heterocycles. The number of aromatic nitrogens is 3. The number of para-hydroxylation sites is 1. The molecule has 1 aromatic carbocycles. The number of hydrogen-bond acceptors (Lipinski definition) is 3. The first-order valence-corrected chi connectivity index (χ1v) is 8.12. The van der Waals surface area contributed by atoms with Gasteiger partial charge in [0.2, 0.25) is 5.91 Å². The maximum absolute atomic E-state index is 12.1. The van der Waals surface area contributed by atoms with E-state index in [1.54, 1.807) is 6.20 Å². The van der Waals surface area contributed by atoms with Crippen molar-refractivity contribution in [3.63, 3.8) is 0 Å². The average Bonchev–Trinajstić information content (AvgIpc) is 2.93. The zero-order valence-corrected chi connectivity index (χ0v) is 14.0. The minimum Gasteiger partial charge on any atom is -0.324 e. The molecular formula is C16H15IN4O. The highest BCUT2D eigenvalue weighted by atomic mass is 127. The smallest absolute Gasteiger partial charge is 0.224 e. The van der Waals surface area contributed by atoms with Crippen molar-refractivity contribution in [1.82, 2.24) is 14.8 Å². The zero-order valence-electron chi connectivity index (χ0n) is 11.9. The van der Waals surface area contributed by atoms with Gasteiger partial charge in [-0.2, -0.15) is 5.10 Å². The highest BCUT2D eigenvalue weighted by molar-refractivity contribution is 14.1. The molecule has 112 valence electrons. The summed E-state index contributed by atoms with van der Waals surface area (Å²) < 4.78 is 2.96. The van der Waals surface area contributed by atoms with Crippen LogP contribution in [-0.2, 0) is 11.3 Å². The topological polar surface area (TPSA) is 59.8 Å². The van der Waals surface area contributed by atoms with Gasteiger partial charge in [-0.25, -0.2) is 0 Å². The second-order valence-electron chi connectivity index (χ2n) is 4.95. The second-order valence-corrected chi connectivity index (χ2v) is 6.20. The van der Waals surface area contributed by atoms with Crippen molar-refractivity contribution in [2.24, 2.45) is 0 Å². The van der Waals surface area contributed by atoms with E-state index in [9.17, 15) is 4.79 Å². The van der Waals surface area contributed by atoms with Crippen molar-refractivity contribution in [3.8, 4) is 0 Å². The van der Waals surface area contributed by atoms with Crippen LogP contribution in [0.4, 0.5) is 5.69 Å². The first kappa shape index (κ1) is 15.0. The molecule has 3 aromatic rings. The molecule has 5 nitrogen and oxygen atoms in total. The van der Waals surface area contributed by atoms with Gasteiger partial charge in [0.25, 0.3) is 0 Å². The number of hydrogen-bond donors (Lipinski definition) is 1. The minimum atomic E-state index is 0.00000567. The van der Waals surface area contributed by atoms with E-state index in [-0.39, 0.29) is 5.91 Å². The fourth-order valence-electron chi connectivity index (χ4n) is 2.28. The molecule has 6 heteroatoms. The number of fused-ring (bicyclic) bond motifs is 1. The Morgan fingerprint density at radius 3 is 2.95 bits per heavy atom. The van der Waals surface area contributed by atoms with Crippen molar-refractivity contribution in [2.45, 2.75) is 19.4 Å². The molecule has 22 heavy (non-hydrogen) atoms. The standard InChI is InChI=1S/C16H15IN4O/c17-13-10-19-21(11-13)9-3-7-15(22)20-14-6-1-4-12-5-2-8-18-16(12)14/h1-2,4-6,8,10-11H,3,7,9H2,(H,20,22). The first-order chi connectivity index (χ1) is 10.7. The van der Waals surface area contributed by atoms with Crippen LogP contribution < -0.4 is 5.32 Å². The Balaban J connectivity index is 1.59. The second kappa shape index (κ2) is 6.87. The summed E-state index contributed by atoms with van der Waals surface area (Å²) in [5.74, 6) is 0.00000567. The number of amides is 1. The van der Waals surface area contributed by atoms with Crippen LogP contribution in [0.25, 0.3) is 10.9 Å². The van der Waals surface area contributed by atoms with Crippen LogP contribution in [0.1, 0.15) is 12.8 Å². The van der Waals surface area contributed by atoms with Crippen LogP contribution in [0.15, 0.2) is 48.9 Å². The van der Waals surface area contributed by atoms with Gasteiger partial charge < -0.3 is 5.32 Å². The predicted molar refractivity (Wildman–Crippen MR) is 94.6 cm³/mol. The molecule has 0 saturated heterocycles. The number of aryl methyl sites for hydroxylation is 1. The number of carbonyl (C=O) groups excluding carboxylic acids is 1. The molecule has 0 atom stereocenters. The summed E-state index contributed by atoms with van der Waals surface area (Å²) in [5, 5.41) is 8.17. The fourth-order valence-corrected chi connectivity index (χ4v) is 2.73. The third-order valence-corrected chi connectivity index (χ3v) is 3.86. The molecule has 3 rings (SSSR count). The minimum absolute atomic E-state index is 0.00000567. The molecule has 0 spiro atoms. The van der Waals surface area contributed by atoms with E-state index < -0.39 is 0 Å². The van der Waals surface area contributed by atoms with E-state index in [1.807, 2.05) is 47.4 Å². The van der Waals surface area contributed by atoms with Gasteiger partial charge in [-0.3, -0.25) is 14.5 Å². The summed E-state index contributed by atoms with van der Waals surface area (Å²) in [6.07, 6.45) is 6.72. The third-order valence-electron chi connectivity index (χ3n) is 3.30. The number of rotatable bonds is 5. The van der Waals surface area contributed by atoms with Gasteiger partial charge in [-0.1, -0.05) is 18.2 Å². The van der Waals surface area contributed by atoms with Crippen LogP contribution in [0.2, 0.25) is 0 Å². The van der Waals surface area contributed by atoms with Crippen molar-refractivity contribution in [3.05, 3.63) is 52.5 Å². The molecule has 0 unspecified atom stereocenters. The van der Waals surface area contributed by atoms with E-state index in [0.29, 0.717) is 6.42 Å². The van der Waals surface area contributed by atoms with Crippen LogP contribution in [-0.4, -0.2) is 20.7 Å². The number of benzene rings is 1. The van der Waals surface area contributed by atoms with Gasteiger partial charge in [-0.15, -0.1) is 0 Å². The highest BCUT2D eigenvalue weighted by Gasteiger charge is 2.06. The maximum Gasteiger partial charge on any atom is 0.224 e. The number of pyridine rings is 1. The van der Waals surface area contributed by atoms with Crippen LogP contribution >= 0.6 is 22.6 Å². The molecule has 1 N–H and O–H groups in total. The fraction of sp³-hybridized carbons (Fsp3) is 0.188. The SMILES string of the molecule is O=C(CCCn1cc(I)cn1)Nc1cccc2cccnc12. The molecule has 0 fully saturated rings. The lowest BCUT2D eigenvalue weighted by Gasteiger charge is -2.08.